The molecule has 0 radical (unpaired) electrons. The molecule has 4 atom stereocenters. The lowest BCUT2D eigenvalue weighted by Gasteiger charge is -2.40. The highest BCUT2D eigenvalue weighted by Crippen LogP contribution is 2.45. The molecule has 3 aliphatic rings. The minimum atomic E-state index is -0.409. The molecule has 12 heteroatoms. The van der Waals surface area contributed by atoms with Crippen molar-refractivity contribution >= 4 is 63.8 Å². The molecule has 1 saturated heterocycles. The van der Waals surface area contributed by atoms with Crippen LogP contribution in [0.15, 0.2) is 28.2 Å². The standard InChI is InChI=1S/C31H45N3O4S3.CH2O2.CH4/c1-9-10-11-13-21-14-12-15-24(37-19(2)35)25(21)27-32-22(16-39-27)28-34(8)23(17-40-28)26(38-20(3)36)31(6,7)29-33-30(4,5)18-41-29;2-1-3;/h12,14-15,22-23,26,28H,9-11,13,16-18H2,1-8H3;1H,(H,2,3);1H4. The average molecular weight is 682 g/mol. The number of aliphatic imine (C=N–C) groups is 2. The minimum Gasteiger partial charge on any atom is -0.483 e. The Bertz CT molecular complexity index is 1250. The zero-order valence-electron chi connectivity index (χ0n) is 27.1. The third-order valence-corrected chi connectivity index (χ3v) is 12.2. The Kier molecular flexibility index (Phi) is 15.0. The van der Waals surface area contributed by atoms with Crippen LogP contribution in [0.3, 0.4) is 0 Å². The number of unbranched alkanes of at least 4 members (excludes halogenated alkanes) is 2. The second-order valence-corrected chi connectivity index (χ2v) is 15.6. The molecular weight excluding hydrogens is 631 g/mol. The number of thioether (sulfide) groups is 3. The highest BCUT2D eigenvalue weighted by Gasteiger charge is 2.51. The SMILES string of the molecule is C.CCCCCc1cccc(OC(C)=O)c1C1=NC(C2SCC(C(OC(C)=O)C(C)(C)C3=NC(C)(C)CS3)N2C)CS1.O=CO. The molecule has 3 heterocycles. The van der Waals surface area contributed by atoms with Crippen LogP contribution < -0.4 is 4.74 Å². The fraction of sp³-hybridized carbons (Fsp3) is 0.667. The number of aryl methyl sites for hydroxylation is 1. The van der Waals surface area contributed by atoms with Crippen LogP contribution in [-0.2, 0) is 25.5 Å². The van der Waals surface area contributed by atoms with Crippen molar-refractivity contribution in [3.63, 3.8) is 0 Å². The number of nitrogens with zero attached hydrogens (tertiary/aromatic N) is 3. The Labute approximate surface area is 282 Å². The number of esters is 2. The first kappa shape index (κ1) is 39.2. The molecule has 45 heavy (non-hydrogen) atoms. The molecule has 4 rings (SSSR count). The highest BCUT2D eigenvalue weighted by molar-refractivity contribution is 8.15. The van der Waals surface area contributed by atoms with Gasteiger partial charge in [-0.25, -0.2) is 0 Å². The number of likely N-dealkylation sites (N-methyl/N-ethyl adjacent to an activating group) is 1. The summed E-state index contributed by atoms with van der Waals surface area (Å²) in [5, 5.41) is 9.05. The Morgan fingerprint density at radius 3 is 2.44 bits per heavy atom. The van der Waals surface area contributed by atoms with Crippen molar-refractivity contribution in [1.82, 2.24) is 4.90 Å². The summed E-state index contributed by atoms with van der Waals surface area (Å²) in [5.41, 5.74) is 1.63. The molecule has 1 aromatic rings. The Morgan fingerprint density at radius 2 is 1.87 bits per heavy atom. The van der Waals surface area contributed by atoms with E-state index in [1.165, 1.54) is 19.4 Å². The van der Waals surface area contributed by atoms with Crippen molar-refractivity contribution in [1.29, 1.82) is 0 Å². The highest BCUT2D eigenvalue weighted by atomic mass is 32.2. The molecule has 0 saturated carbocycles. The minimum absolute atomic E-state index is 0. The fourth-order valence-electron chi connectivity index (χ4n) is 5.73. The summed E-state index contributed by atoms with van der Waals surface area (Å²) >= 11 is 5.41. The van der Waals surface area contributed by atoms with Crippen molar-refractivity contribution in [2.45, 2.75) is 111 Å². The second kappa shape index (κ2) is 17.2. The number of carbonyl (C=O) groups excluding carboxylic acids is 2. The van der Waals surface area contributed by atoms with E-state index in [9.17, 15) is 9.59 Å². The van der Waals surface area contributed by atoms with Crippen LogP contribution in [0.4, 0.5) is 0 Å². The van der Waals surface area contributed by atoms with E-state index in [1.54, 1.807) is 23.5 Å². The molecular formula is C33H51N3O6S3. The van der Waals surface area contributed by atoms with Gasteiger partial charge in [0.05, 0.1) is 39.0 Å². The van der Waals surface area contributed by atoms with Gasteiger partial charge in [0.15, 0.2) is 0 Å². The summed E-state index contributed by atoms with van der Waals surface area (Å²) in [6.45, 7) is 13.5. The van der Waals surface area contributed by atoms with Gasteiger partial charge in [-0.1, -0.05) is 53.2 Å². The Morgan fingerprint density at radius 1 is 1.18 bits per heavy atom. The zero-order valence-corrected chi connectivity index (χ0v) is 29.6. The van der Waals surface area contributed by atoms with Crippen LogP contribution in [0.25, 0.3) is 0 Å². The van der Waals surface area contributed by atoms with E-state index >= 15 is 0 Å². The van der Waals surface area contributed by atoms with Gasteiger partial charge in [0, 0.05) is 31.1 Å². The van der Waals surface area contributed by atoms with Gasteiger partial charge >= 0.3 is 11.9 Å². The molecule has 4 unspecified atom stereocenters. The predicted molar refractivity (Wildman–Crippen MR) is 190 cm³/mol. The van der Waals surface area contributed by atoms with Gasteiger partial charge in [-0.15, -0.1) is 35.3 Å². The summed E-state index contributed by atoms with van der Waals surface area (Å²) in [4.78, 5) is 45.3. The summed E-state index contributed by atoms with van der Waals surface area (Å²) in [6.07, 6.45) is 4.01. The Hall–Kier alpha value is -2.02. The maximum absolute atomic E-state index is 12.3. The van der Waals surface area contributed by atoms with Crippen LogP contribution in [0.2, 0.25) is 0 Å². The molecule has 0 spiro atoms. The molecule has 1 aromatic carbocycles. The molecule has 0 bridgehead atoms. The summed E-state index contributed by atoms with van der Waals surface area (Å²) in [5.74, 6) is 2.65. The maximum Gasteiger partial charge on any atom is 0.308 e. The van der Waals surface area contributed by atoms with E-state index in [2.05, 4.69) is 52.6 Å². The zero-order chi connectivity index (χ0) is 32.7. The van der Waals surface area contributed by atoms with Crippen molar-refractivity contribution in [3.05, 3.63) is 29.3 Å². The molecule has 9 nitrogen and oxygen atoms in total. The molecule has 0 amide bonds. The topological polar surface area (TPSA) is 118 Å². The first-order valence-electron chi connectivity index (χ1n) is 15.1. The summed E-state index contributed by atoms with van der Waals surface area (Å²) < 4.78 is 11.8. The first-order valence-corrected chi connectivity index (χ1v) is 18.1. The quantitative estimate of drug-likeness (QED) is 0.116. The van der Waals surface area contributed by atoms with Crippen molar-refractivity contribution in [2.24, 2.45) is 15.4 Å². The van der Waals surface area contributed by atoms with Crippen LogP contribution in [0, 0.1) is 5.41 Å². The number of carbonyl (C=O) groups is 3. The van der Waals surface area contributed by atoms with E-state index in [0.29, 0.717) is 5.75 Å². The largest absolute Gasteiger partial charge is 0.483 e. The van der Waals surface area contributed by atoms with Crippen LogP contribution in [0.1, 0.15) is 86.3 Å². The molecule has 3 aliphatic heterocycles. The van der Waals surface area contributed by atoms with Gasteiger partial charge in [0.1, 0.15) is 16.9 Å². The first-order chi connectivity index (χ1) is 20.7. The number of hydrogen-bond acceptors (Lipinski definition) is 11. The third-order valence-electron chi connectivity index (χ3n) is 7.87. The van der Waals surface area contributed by atoms with Crippen molar-refractivity contribution in [2.75, 3.05) is 24.3 Å². The summed E-state index contributed by atoms with van der Waals surface area (Å²) in [6, 6.07) is 6.09. The average Bonchev–Trinajstić information content (AvgIpc) is 3.66. The number of rotatable bonds is 11. The Balaban J connectivity index is 0.00000169. The number of carboxylic acid groups (broad SMARTS) is 1. The van der Waals surface area contributed by atoms with Gasteiger partial charge in [-0.3, -0.25) is 29.3 Å². The normalized spacial score (nSPS) is 23.2. The van der Waals surface area contributed by atoms with Crippen LogP contribution in [0.5, 0.6) is 5.75 Å². The predicted octanol–water partition coefficient (Wildman–Crippen LogP) is 6.80. The van der Waals surface area contributed by atoms with Crippen LogP contribution in [-0.4, -0.2) is 91.9 Å². The van der Waals surface area contributed by atoms with E-state index in [-0.39, 0.29) is 54.9 Å². The molecule has 252 valence electrons. The number of ether oxygens (including phenoxy) is 2. The van der Waals surface area contributed by atoms with Crippen LogP contribution >= 0.6 is 35.3 Å². The van der Waals surface area contributed by atoms with Gasteiger partial charge in [0.2, 0.25) is 0 Å². The van der Waals surface area contributed by atoms with E-state index < -0.39 is 5.41 Å². The van der Waals surface area contributed by atoms with Gasteiger partial charge in [-0.05, 0) is 45.4 Å². The maximum atomic E-state index is 12.3. The fourth-order valence-corrected chi connectivity index (χ4v) is 9.95. The lowest BCUT2D eigenvalue weighted by molar-refractivity contribution is -0.154. The van der Waals surface area contributed by atoms with Crippen molar-refractivity contribution < 1.29 is 29.0 Å². The molecule has 1 N–H and O–H groups in total. The van der Waals surface area contributed by atoms with Crippen molar-refractivity contribution in [3.8, 4) is 5.75 Å². The molecule has 0 aliphatic carbocycles. The van der Waals surface area contributed by atoms with Gasteiger partial charge in [-0.2, -0.15) is 0 Å². The molecule has 1 fully saturated rings. The summed E-state index contributed by atoms with van der Waals surface area (Å²) in [7, 11) is 2.14. The smallest absolute Gasteiger partial charge is 0.308 e. The van der Waals surface area contributed by atoms with Gasteiger partial charge in [0.25, 0.3) is 6.47 Å². The number of benzene rings is 1. The van der Waals surface area contributed by atoms with Gasteiger partial charge < -0.3 is 14.6 Å². The van der Waals surface area contributed by atoms with E-state index in [1.807, 2.05) is 23.9 Å². The lowest BCUT2D eigenvalue weighted by atomic mass is 9.82. The second-order valence-electron chi connectivity index (χ2n) is 12.5. The van der Waals surface area contributed by atoms with E-state index in [0.717, 1.165) is 58.6 Å². The third kappa shape index (κ3) is 9.98. The monoisotopic (exact) mass is 681 g/mol. The lowest BCUT2D eigenvalue weighted by Crippen LogP contribution is -2.53. The van der Waals surface area contributed by atoms with E-state index in [4.69, 9.17) is 29.4 Å². The molecule has 0 aromatic heterocycles. The number of hydrogen-bond donors (Lipinski definition) is 1.